The molecule has 1 saturated carbocycles. The molecule has 1 saturated heterocycles. The number of amides is 1. The van der Waals surface area contributed by atoms with Crippen molar-refractivity contribution in [3.05, 3.63) is 12.0 Å². The molecule has 2 fully saturated rings. The summed E-state index contributed by atoms with van der Waals surface area (Å²) in [5, 5.41) is 11.4. The minimum Gasteiger partial charge on any atom is -0.347 e. The van der Waals surface area contributed by atoms with E-state index in [0.717, 1.165) is 50.1 Å². The second-order valence-corrected chi connectivity index (χ2v) is 7.84. The van der Waals surface area contributed by atoms with Gasteiger partial charge in [0, 0.05) is 30.6 Å². The average molecular weight is 361 g/mol. The number of aromatic nitrogens is 2. The van der Waals surface area contributed by atoms with Gasteiger partial charge in [-0.3, -0.25) is 4.79 Å². The first-order valence-corrected chi connectivity index (χ1v) is 9.40. The Morgan fingerprint density at radius 1 is 1.40 bits per heavy atom. The van der Waals surface area contributed by atoms with Crippen molar-refractivity contribution in [2.45, 2.75) is 32.6 Å². The van der Waals surface area contributed by atoms with Gasteiger partial charge in [0.15, 0.2) is 16.8 Å². The molecule has 1 aliphatic carbocycles. The van der Waals surface area contributed by atoms with Crippen LogP contribution in [0.4, 0.5) is 15.3 Å². The fraction of sp³-hybridized carbons (Fsp3) is 0.529. The molecule has 2 aromatic rings. The summed E-state index contributed by atoms with van der Waals surface area (Å²) >= 11 is 1.36. The van der Waals surface area contributed by atoms with Crippen LogP contribution >= 0.6 is 11.3 Å². The number of thiazole rings is 1. The highest BCUT2D eigenvalue weighted by Crippen LogP contribution is 2.37. The van der Waals surface area contributed by atoms with E-state index in [-0.39, 0.29) is 23.3 Å². The van der Waals surface area contributed by atoms with Gasteiger partial charge in [0.1, 0.15) is 10.2 Å². The van der Waals surface area contributed by atoms with Gasteiger partial charge < -0.3 is 15.6 Å². The SMILES string of the molecule is CC(=N)[C@H]1CCCN(c2nc3c(F)cnc(NC(=O)C4CC4)c3s2)C1. The van der Waals surface area contributed by atoms with E-state index < -0.39 is 5.82 Å². The number of hydrogen-bond donors (Lipinski definition) is 2. The third-order valence-electron chi connectivity index (χ3n) is 4.86. The Labute approximate surface area is 149 Å². The lowest BCUT2D eigenvalue weighted by Gasteiger charge is -2.32. The molecule has 0 bridgehead atoms. The molecule has 2 aromatic heterocycles. The van der Waals surface area contributed by atoms with Gasteiger partial charge in [-0.1, -0.05) is 11.3 Å². The largest absolute Gasteiger partial charge is 0.347 e. The van der Waals surface area contributed by atoms with Gasteiger partial charge in [-0.05, 0) is 32.6 Å². The van der Waals surface area contributed by atoms with Crippen molar-refractivity contribution in [1.82, 2.24) is 9.97 Å². The van der Waals surface area contributed by atoms with Gasteiger partial charge in [-0.15, -0.1) is 0 Å². The zero-order valence-corrected chi connectivity index (χ0v) is 14.8. The molecular formula is C17H20FN5OS. The van der Waals surface area contributed by atoms with Crippen LogP contribution in [-0.2, 0) is 4.79 Å². The number of anilines is 2. The van der Waals surface area contributed by atoms with E-state index in [0.29, 0.717) is 16.2 Å². The molecule has 1 atom stereocenters. The highest BCUT2D eigenvalue weighted by Gasteiger charge is 2.31. The summed E-state index contributed by atoms with van der Waals surface area (Å²) < 4.78 is 14.8. The Balaban J connectivity index is 1.65. The summed E-state index contributed by atoms with van der Waals surface area (Å²) in [6.45, 7) is 3.41. The molecule has 1 aliphatic heterocycles. The van der Waals surface area contributed by atoms with Crippen LogP contribution in [0, 0.1) is 23.1 Å². The molecule has 0 spiro atoms. The molecule has 8 heteroatoms. The van der Waals surface area contributed by atoms with E-state index in [1.54, 1.807) is 0 Å². The van der Waals surface area contributed by atoms with Crippen molar-refractivity contribution in [2.75, 3.05) is 23.3 Å². The smallest absolute Gasteiger partial charge is 0.228 e. The second kappa shape index (κ2) is 6.33. The maximum Gasteiger partial charge on any atom is 0.228 e. The van der Waals surface area contributed by atoms with Crippen LogP contribution in [0.1, 0.15) is 32.6 Å². The topological polar surface area (TPSA) is 82.0 Å². The summed E-state index contributed by atoms with van der Waals surface area (Å²) in [5.74, 6) is 0.158. The summed E-state index contributed by atoms with van der Waals surface area (Å²) in [6.07, 6.45) is 4.93. The number of carbonyl (C=O) groups excluding carboxylic acids is 1. The third-order valence-corrected chi connectivity index (χ3v) is 5.98. The molecule has 3 heterocycles. The quantitative estimate of drug-likeness (QED) is 0.818. The van der Waals surface area contributed by atoms with Crippen LogP contribution in [0.5, 0.6) is 0 Å². The summed E-state index contributed by atoms with van der Waals surface area (Å²) in [7, 11) is 0. The van der Waals surface area contributed by atoms with E-state index in [4.69, 9.17) is 5.41 Å². The third kappa shape index (κ3) is 3.22. The second-order valence-electron chi connectivity index (χ2n) is 6.86. The number of nitrogens with one attached hydrogen (secondary N) is 2. The van der Waals surface area contributed by atoms with Crippen molar-refractivity contribution in [1.29, 1.82) is 5.41 Å². The van der Waals surface area contributed by atoms with Crippen LogP contribution in [0.3, 0.4) is 0 Å². The Hall–Kier alpha value is -2.09. The number of pyridine rings is 1. The van der Waals surface area contributed by atoms with E-state index in [1.807, 2.05) is 6.92 Å². The van der Waals surface area contributed by atoms with E-state index in [9.17, 15) is 9.18 Å². The molecule has 25 heavy (non-hydrogen) atoms. The normalized spacial score (nSPS) is 20.7. The zero-order chi connectivity index (χ0) is 17.6. The van der Waals surface area contributed by atoms with Crippen molar-refractivity contribution in [3.8, 4) is 0 Å². The average Bonchev–Trinajstić information content (AvgIpc) is 3.36. The Bertz CT molecular complexity index is 847. The first-order chi connectivity index (χ1) is 12.0. The Morgan fingerprint density at radius 2 is 2.20 bits per heavy atom. The van der Waals surface area contributed by atoms with Crippen LogP contribution < -0.4 is 10.2 Å². The first-order valence-electron chi connectivity index (χ1n) is 8.59. The summed E-state index contributed by atoms with van der Waals surface area (Å²) in [5.41, 5.74) is 0.936. The maximum atomic E-state index is 14.2. The minimum absolute atomic E-state index is 0.0483. The number of nitrogens with zero attached hydrogens (tertiary/aromatic N) is 3. The highest BCUT2D eigenvalue weighted by atomic mass is 32.1. The Kier molecular flexibility index (Phi) is 4.15. The standard InChI is InChI=1S/C17H20FN5OS/c1-9(19)11-3-2-6-23(8-11)17-21-13-12(18)7-20-15(14(13)25-17)22-16(24)10-4-5-10/h7,10-11,19H,2-6,8H2,1H3,(H,20,22,24)/t11-/m0/s1. The molecule has 2 aliphatic rings. The number of carbonyl (C=O) groups is 1. The molecule has 4 rings (SSSR count). The van der Waals surface area contributed by atoms with Crippen LogP contribution in [0.25, 0.3) is 10.2 Å². The van der Waals surface area contributed by atoms with Gasteiger partial charge >= 0.3 is 0 Å². The van der Waals surface area contributed by atoms with Crippen molar-refractivity contribution in [3.63, 3.8) is 0 Å². The fourth-order valence-electron chi connectivity index (χ4n) is 3.17. The van der Waals surface area contributed by atoms with Crippen LogP contribution in [-0.4, -0.2) is 34.7 Å². The number of rotatable bonds is 4. The van der Waals surface area contributed by atoms with Gasteiger partial charge in [0.05, 0.1) is 6.20 Å². The van der Waals surface area contributed by atoms with Crippen LogP contribution in [0.2, 0.25) is 0 Å². The van der Waals surface area contributed by atoms with Gasteiger partial charge in [-0.25, -0.2) is 14.4 Å². The molecule has 0 aromatic carbocycles. The fourth-order valence-corrected chi connectivity index (χ4v) is 4.22. The molecule has 0 unspecified atom stereocenters. The lowest BCUT2D eigenvalue weighted by molar-refractivity contribution is -0.117. The highest BCUT2D eigenvalue weighted by molar-refractivity contribution is 7.22. The lowest BCUT2D eigenvalue weighted by atomic mass is 9.94. The number of piperidine rings is 1. The van der Waals surface area contributed by atoms with Gasteiger partial charge in [0.25, 0.3) is 0 Å². The number of halogens is 1. The van der Waals surface area contributed by atoms with E-state index in [2.05, 4.69) is 20.2 Å². The predicted octanol–water partition coefficient (Wildman–Crippen LogP) is 3.43. The molecule has 2 N–H and O–H groups in total. The van der Waals surface area contributed by atoms with Crippen molar-refractivity contribution >= 4 is 44.1 Å². The minimum atomic E-state index is -0.473. The monoisotopic (exact) mass is 361 g/mol. The van der Waals surface area contributed by atoms with Gasteiger partial charge in [0.2, 0.25) is 5.91 Å². The first kappa shape index (κ1) is 16.4. The molecule has 1 amide bonds. The maximum absolute atomic E-state index is 14.2. The molecule has 6 nitrogen and oxygen atoms in total. The predicted molar refractivity (Wildman–Crippen MR) is 97.1 cm³/mol. The molecule has 0 radical (unpaired) electrons. The van der Waals surface area contributed by atoms with E-state index in [1.165, 1.54) is 11.3 Å². The van der Waals surface area contributed by atoms with E-state index >= 15 is 0 Å². The van der Waals surface area contributed by atoms with Gasteiger partial charge in [-0.2, -0.15) is 0 Å². The molecule has 132 valence electrons. The van der Waals surface area contributed by atoms with Crippen molar-refractivity contribution < 1.29 is 9.18 Å². The number of hydrogen-bond acceptors (Lipinski definition) is 6. The molecular weight excluding hydrogens is 341 g/mol. The zero-order valence-electron chi connectivity index (χ0n) is 14.0. The number of fused-ring (bicyclic) bond motifs is 1. The lowest BCUT2D eigenvalue weighted by Crippen LogP contribution is -2.37. The summed E-state index contributed by atoms with van der Waals surface area (Å²) in [6, 6.07) is 0. The summed E-state index contributed by atoms with van der Waals surface area (Å²) in [4.78, 5) is 22.7. The van der Waals surface area contributed by atoms with Crippen molar-refractivity contribution in [2.24, 2.45) is 11.8 Å². The Morgan fingerprint density at radius 3 is 2.92 bits per heavy atom. The van der Waals surface area contributed by atoms with Crippen LogP contribution in [0.15, 0.2) is 6.20 Å².